The van der Waals surface area contributed by atoms with E-state index in [1.165, 1.54) is 0 Å². The van der Waals surface area contributed by atoms with Crippen LogP contribution in [0, 0.1) is 0 Å². The molecular weight excluding hydrogens is 368 g/mol. The van der Waals surface area contributed by atoms with Gasteiger partial charge < -0.3 is 9.67 Å². The van der Waals surface area contributed by atoms with Gasteiger partial charge in [0.25, 0.3) is 0 Å². The van der Waals surface area contributed by atoms with Crippen LogP contribution in [-0.2, 0) is 13.0 Å². The van der Waals surface area contributed by atoms with Crippen LogP contribution in [-0.4, -0.2) is 33.9 Å². The lowest BCUT2D eigenvalue weighted by Gasteiger charge is -2.03. The average Bonchev–Trinajstić information content (AvgIpc) is 2.76. The van der Waals surface area contributed by atoms with Gasteiger partial charge in [-0.3, -0.25) is 5.21 Å². The minimum absolute atomic E-state index is 0.0104. The van der Waals surface area contributed by atoms with E-state index in [1.807, 2.05) is 66.9 Å². The van der Waals surface area contributed by atoms with E-state index in [2.05, 4.69) is 20.4 Å². The molecule has 3 aromatic rings. The number of amidine groups is 1. The van der Waals surface area contributed by atoms with Crippen molar-refractivity contribution in [1.82, 2.24) is 4.57 Å². The van der Waals surface area contributed by atoms with Gasteiger partial charge in [-0.25, -0.2) is 0 Å². The van der Waals surface area contributed by atoms with Crippen LogP contribution >= 0.6 is 0 Å². The molecule has 0 aliphatic heterocycles. The molecule has 8 nitrogen and oxygen atoms in total. The van der Waals surface area contributed by atoms with Crippen LogP contribution in [0.4, 0.5) is 0 Å². The zero-order valence-corrected chi connectivity index (χ0v) is 15.9. The number of nitrogens with zero attached hydrogens (tertiary/aromatic N) is 6. The lowest BCUT2D eigenvalue weighted by atomic mass is 10.2. The molecule has 3 rings (SSSR count). The van der Waals surface area contributed by atoms with E-state index >= 15 is 0 Å². The summed E-state index contributed by atoms with van der Waals surface area (Å²) in [6, 6.07) is 20.5. The van der Waals surface area contributed by atoms with E-state index in [4.69, 9.17) is 0 Å². The van der Waals surface area contributed by atoms with Crippen LogP contribution in [0.3, 0.4) is 0 Å². The minimum atomic E-state index is 0.0104. The highest BCUT2D eigenvalue weighted by Gasteiger charge is 2.07. The number of hydrogen-bond acceptors (Lipinski definition) is 5. The third kappa shape index (κ3) is 5.91. The van der Waals surface area contributed by atoms with Gasteiger partial charge >= 0.3 is 0 Å². The van der Waals surface area contributed by atoms with Gasteiger partial charge in [0, 0.05) is 35.2 Å². The molecule has 0 unspecified atom stereocenters. The number of benzene rings is 1. The molecule has 29 heavy (non-hydrogen) atoms. The highest BCUT2D eigenvalue weighted by molar-refractivity contribution is 5.98. The van der Waals surface area contributed by atoms with Gasteiger partial charge in [0.15, 0.2) is 5.49 Å². The fraction of sp³-hybridized carbons (Fsp3) is 0.190. The maximum absolute atomic E-state index is 9.76. The van der Waals surface area contributed by atoms with Crippen LogP contribution in [0.25, 0.3) is 0 Å². The highest BCUT2D eigenvalue weighted by Crippen LogP contribution is 2.04. The van der Waals surface area contributed by atoms with Gasteiger partial charge in [0.1, 0.15) is 0 Å². The summed E-state index contributed by atoms with van der Waals surface area (Å²) in [6.07, 6.45) is 3.94. The number of azo groups is 1. The van der Waals surface area contributed by atoms with E-state index < -0.39 is 0 Å². The Labute approximate surface area is 168 Å². The number of pyridine rings is 2. The first-order valence-corrected chi connectivity index (χ1v) is 9.27. The summed E-state index contributed by atoms with van der Waals surface area (Å²) in [4.78, 5) is 0. The normalized spacial score (nSPS) is 12.6. The fourth-order valence-corrected chi connectivity index (χ4v) is 2.63. The van der Waals surface area contributed by atoms with E-state index in [1.54, 1.807) is 16.8 Å². The molecule has 0 amide bonds. The molecule has 2 aromatic heterocycles. The molecule has 8 heteroatoms. The molecular formula is C21H23N6O2+. The molecule has 0 bridgehead atoms. The molecule has 148 valence electrons. The maximum Gasteiger partial charge on any atom is 0.236 e. The fourth-order valence-electron chi connectivity index (χ4n) is 2.63. The zero-order valence-electron chi connectivity index (χ0n) is 15.9. The first-order chi connectivity index (χ1) is 14.3. The third-order valence-corrected chi connectivity index (χ3v) is 4.09. The Bertz CT molecular complexity index is 1040. The SMILES string of the molecule is OCCn1ccccc1=NN=C(N=NCCc1cccc[n+]1O)c1ccccc1. The van der Waals surface area contributed by atoms with E-state index in [9.17, 15) is 10.3 Å². The topological polar surface area (TPSA) is 98.7 Å². The maximum atomic E-state index is 9.76. The van der Waals surface area contributed by atoms with Crippen LogP contribution in [0.2, 0.25) is 0 Å². The van der Waals surface area contributed by atoms with E-state index in [-0.39, 0.29) is 6.61 Å². The Kier molecular flexibility index (Phi) is 7.36. The summed E-state index contributed by atoms with van der Waals surface area (Å²) in [5, 5.41) is 36.0. The molecule has 0 radical (unpaired) electrons. The number of aromatic nitrogens is 2. The smallest absolute Gasteiger partial charge is 0.236 e. The number of aliphatic hydroxyl groups excluding tert-OH is 1. The Morgan fingerprint density at radius 1 is 0.966 bits per heavy atom. The molecule has 2 N–H and O–H groups in total. The van der Waals surface area contributed by atoms with Gasteiger partial charge in [0.2, 0.25) is 17.7 Å². The Balaban J connectivity index is 1.83. The molecule has 0 fully saturated rings. The van der Waals surface area contributed by atoms with Crippen LogP contribution in [0.15, 0.2) is 99.6 Å². The molecule has 0 aliphatic carbocycles. The van der Waals surface area contributed by atoms with E-state index in [0.717, 1.165) is 16.0 Å². The van der Waals surface area contributed by atoms with Crippen molar-refractivity contribution in [2.24, 2.45) is 20.4 Å². The second-order valence-electron chi connectivity index (χ2n) is 6.12. The van der Waals surface area contributed by atoms with Gasteiger partial charge in [-0.05, 0) is 18.2 Å². The summed E-state index contributed by atoms with van der Waals surface area (Å²) in [7, 11) is 0. The first-order valence-electron chi connectivity index (χ1n) is 9.27. The second-order valence-corrected chi connectivity index (χ2v) is 6.12. The number of hydrogen-bond donors (Lipinski definition) is 2. The largest absolute Gasteiger partial charge is 0.395 e. The summed E-state index contributed by atoms with van der Waals surface area (Å²) < 4.78 is 2.88. The molecule has 0 saturated carbocycles. The standard InChI is InChI=1S/C21H23N6O2/c28-17-16-26-14-6-5-11-20(26)23-25-21(18-8-2-1-3-9-18)24-22-13-12-19-10-4-7-15-27(19)29/h1-11,14-15,28-29H,12-13,16-17H2/q+1. The van der Waals surface area contributed by atoms with Gasteiger partial charge in [-0.1, -0.05) is 36.4 Å². The predicted molar refractivity (Wildman–Crippen MR) is 107 cm³/mol. The lowest BCUT2D eigenvalue weighted by molar-refractivity contribution is -0.909. The second kappa shape index (κ2) is 10.6. The summed E-state index contributed by atoms with van der Waals surface area (Å²) in [5.74, 6) is 0.384. The van der Waals surface area contributed by atoms with Crippen molar-refractivity contribution >= 4 is 5.84 Å². The van der Waals surface area contributed by atoms with E-state index in [0.29, 0.717) is 30.8 Å². The van der Waals surface area contributed by atoms with Crippen molar-refractivity contribution in [2.75, 3.05) is 13.2 Å². The van der Waals surface area contributed by atoms with Crippen molar-refractivity contribution in [2.45, 2.75) is 13.0 Å². The number of rotatable bonds is 7. The summed E-state index contributed by atoms with van der Waals surface area (Å²) >= 11 is 0. The molecule has 2 heterocycles. The van der Waals surface area contributed by atoms with Gasteiger partial charge in [0.05, 0.1) is 19.6 Å². The minimum Gasteiger partial charge on any atom is -0.395 e. The first kappa shape index (κ1) is 20.1. The van der Waals surface area contributed by atoms with Crippen molar-refractivity contribution in [3.63, 3.8) is 0 Å². The Morgan fingerprint density at radius 3 is 2.55 bits per heavy atom. The van der Waals surface area contributed by atoms with Crippen LogP contribution in [0.1, 0.15) is 11.3 Å². The average molecular weight is 391 g/mol. The van der Waals surface area contributed by atoms with Crippen LogP contribution < -0.4 is 10.2 Å². The lowest BCUT2D eigenvalue weighted by Crippen LogP contribution is -2.34. The van der Waals surface area contributed by atoms with Crippen molar-refractivity contribution in [3.05, 3.63) is 95.9 Å². The zero-order chi connectivity index (χ0) is 20.3. The quantitative estimate of drug-likeness (QED) is 0.161. The predicted octanol–water partition coefficient (Wildman–Crippen LogP) is 1.96. The van der Waals surface area contributed by atoms with Gasteiger partial charge in [-0.2, -0.15) is 5.11 Å². The number of aliphatic hydroxyl groups is 1. The summed E-state index contributed by atoms with van der Waals surface area (Å²) in [5.41, 5.74) is 2.14. The highest BCUT2D eigenvalue weighted by atomic mass is 16.5. The molecule has 0 saturated heterocycles. The molecule has 0 atom stereocenters. The Hall–Kier alpha value is -3.65. The monoisotopic (exact) mass is 391 g/mol. The molecule has 1 aromatic carbocycles. The molecule has 0 aliphatic rings. The third-order valence-electron chi connectivity index (χ3n) is 4.09. The van der Waals surface area contributed by atoms with Crippen LogP contribution in [0.5, 0.6) is 0 Å². The van der Waals surface area contributed by atoms with Gasteiger partial charge in [-0.15, -0.1) is 15.3 Å². The Morgan fingerprint density at radius 2 is 1.76 bits per heavy atom. The van der Waals surface area contributed by atoms with Crippen molar-refractivity contribution in [1.29, 1.82) is 0 Å². The molecule has 0 spiro atoms. The van der Waals surface area contributed by atoms with Crippen molar-refractivity contribution < 1.29 is 15.0 Å². The van der Waals surface area contributed by atoms with Crippen molar-refractivity contribution in [3.8, 4) is 0 Å². The summed E-state index contributed by atoms with van der Waals surface area (Å²) in [6.45, 7) is 0.832.